The van der Waals surface area contributed by atoms with E-state index in [4.69, 9.17) is 0 Å². The van der Waals surface area contributed by atoms with Gasteiger partial charge in [0.2, 0.25) is 5.95 Å². The second kappa shape index (κ2) is 16.8. The van der Waals surface area contributed by atoms with Crippen molar-refractivity contribution in [2.45, 2.75) is 54.9 Å². The third kappa shape index (κ3) is 9.53. The van der Waals surface area contributed by atoms with E-state index in [1.54, 1.807) is 6.20 Å². The van der Waals surface area contributed by atoms with Gasteiger partial charge in [-0.15, -0.1) is 6.92 Å². The van der Waals surface area contributed by atoms with Gasteiger partial charge >= 0.3 is 0 Å². The first-order valence-corrected chi connectivity index (χ1v) is 8.70. The van der Waals surface area contributed by atoms with Crippen molar-refractivity contribution in [3.05, 3.63) is 35.8 Å². The molecule has 2 heterocycles. The van der Waals surface area contributed by atoms with Gasteiger partial charge in [-0.2, -0.15) is 22.0 Å². The van der Waals surface area contributed by atoms with Gasteiger partial charge in [0.15, 0.2) is 0 Å². The molecule has 0 spiro atoms. The zero-order valence-electron chi connectivity index (χ0n) is 17.7. The molecule has 2 rings (SSSR count). The van der Waals surface area contributed by atoms with Crippen LogP contribution in [0, 0.1) is 12.8 Å². The maximum Gasteiger partial charge on any atom is 0.228 e. The van der Waals surface area contributed by atoms with E-state index in [1.165, 1.54) is 5.92 Å². The average molecular weight is 603 g/mol. The summed E-state index contributed by atoms with van der Waals surface area (Å²) in [5.41, 5.74) is 1.96. The first-order valence-electron chi connectivity index (χ1n) is 8.70. The van der Waals surface area contributed by atoms with Crippen LogP contribution in [-0.4, -0.2) is 34.0 Å². The third-order valence-electron chi connectivity index (χ3n) is 3.12. The third-order valence-corrected chi connectivity index (χ3v) is 3.12. The molecule has 7 heteroatoms. The minimum atomic E-state index is 0. The van der Waals surface area contributed by atoms with Crippen LogP contribution in [0.5, 0.6) is 0 Å². The van der Waals surface area contributed by atoms with E-state index in [1.807, 2.05) is 65.7 Å². The largest absolute Gasteiger partial charge is 0.347 e. The maximum absolute atomic E-state index is 4.50. The molecule has 0 aliphatic rings. The fourth-order valence-corrected chi connectivity index (χ4v) is 1.78. The minimum Gasteiger partial charge on any atom is -0.347 e. The van der Waals surface area contributed by atoms with E-state index in [9.17, 15) is 0 Å². The molecule has 0 aliphatic heterocycles. The molecule has 0 fully saturated rings. The van der Waals surface area contributed by atoms with E-state index >= 15 is 0 Å². The number of pyridine rings is 1. The summed E-state index contributed by atoms with van der Waals surface area (Å²) in [7, 11) is 3.84. The normalized spacial score (nSPS) is 8.50. The summed E-state index contributed by atoms with van der Waals surface area (Å²) in [5.74, 6) is 3.33. The Morgan fingerprint density at radius 3 is 2.12 bits per heavy atom. The average Bonchev–Trinajstić information content (AvgIpc) is 2.64. The van der Waals surface area contributed by atoms with Crippen LogP contribution in [0.25, 0.3) is 11.4 Å². The first kappa shape index (κ1) is 30.4. The Balaban J connectivity index is -0.000000824. The van der Waals surface area contributed by atoms with Crippen molar-refractivity contribution in [2.75, 3.05) is 19.0 Å². The Labute approximate surface area is 199 Å². The molecule has 2 aromatic rings. The molecule has 1 radical (unpaired) electrons. The van der Waals surface area contributed by atoms with Crippen molar-refractivity contribution in [3.63, 3.8) is 0 Å². The number of aryl methyl sites for hydroxylation is 1. The van der Waals surface area contributed by atoms with E-state index in [2.05, 4.69) is 33.8 Å². The zero-order valence-corrected chi connectivity index (χ0v) is 23.4. The van der Waals surface area contributed by atoms with Crippen LogP contribution in [0.4, 0.5) is 5.95 Å². The standard InChI is InChI=1S/C15H20N5.2C2H6.W.Y/c1-6-10(2)13-9-12(7-8-16-13)14-17-11(3)18-15(19-14)20(4)5;2*1-2;;/h7-9H,6H2,1-5H3;2*1-2H3;;/q-1;;;;. The van der Waals surface area contributed by atoms with Crippen molar-refractivity contribution >= 4 is 5.95 Å². The Morgan fingerprint density at radius 1 is 1.04 bits per heavy atom. The number of anilines is 1. The fourth-order valence-electron chi connectivity index (χ4n) is 1.78. The van der Waals surface area contributed by atoms with Gasteiger partial charge in [-0.3, -0.25) is 4.98 Å². The molecular formula is C19H32N5WY-. The van der Waals surface area contributed by atoms with Gasteiger partial charge in [0.25, 0.3) is 0 Å². The maximum atomic E-state index is 4.50. The number of hydrogen-bond acceptors (Lipinski definition) is 5. The van der Waals surface area contributed by atoms with Crippen LogP contribution < -0.4 is 4.90 Å². The first-order chi connectivity index (χ1) is 11.5. The molecule has 0 unspecified atom stereocenters. The van der Waals surface area contributed by atoms with Crippen LogP contribution in [0.1, 0.15) is 59.5 Å². The van der Waals surface area contributed by atoms with E-state index in [-0.39, 0.29) is 53.8 Å². The Bertz CT molecular complexity index is 608. The van der Waals surface area contributed by atoms with Gasteiger partial charge in [0, 0.05) is 74.1 Å². The van der Waals surface area contributed by atoms with Crippen LogP contribution in [0.3, 0.4) is 0 Å². The number of hydrogen-bond donors (Lipinski definition) is 0. The van der Waals surface area contributed by atoms with Crippen LogP contribution in [-0.2, 0) is 53.8 Å². The van der Waals surface area contributed by atoms with Gasteiger partial charge in [-0.25, -0.2) is 4.98 Å². The summed E-state index contributed by atoms with van der Waals surface area (Å²) in [6, 6.07) is 3.97. The summed E-state index contributed by atoms with van der Waals surface area (Å²) in [4.78, 5) is 19.5. The van der Waals surface area contributed by atoms with Crippen LogP contribution in [0.15, 0.2) is 18.3 Å². The van der Waals surface area contributed by atoms with Crippen molar-refractivity contribution in [3.8, 4) is 11.4 Å². The quantitative estimate of drug-likeness (QED) is 0.475. The molecule has 0 aromatic carbocycles. The molecule has 2 aromatic heterocycles. The molecule has 0 bridgehead atoms. The summed E-state index contributed by atoms with van der Waals surface area (Å²) in [6.07, 6.45) is 2.79. The molecule has 143 valence electrons. The van der Waals surface area contributed by atoms with E-state index in [0.717, 1.165) is 17.7 Å². The number of aromatic nitrogens is 4. The van der Waals surface area contributed by atoms with Gasteiger partial charge in [-0.1, -0.05) is 58.4 Å². The van der Waals surface area contributed by atoms with Gasteiger partial charge in [0.1, 0.15) is 11.6 Å². The predicted octanol–water partition coefficient (Wildman–Crippen LogP) is 4.71. The Kier molecular flexibility index (Phi) is 19.6. The summed E-state index contributed by atoms with van der Waals surface area (Å²) < 4.78 is 0. The number of rotatable bonds is 4. The minimum absolute atomic E-state index is 0. The molecule has 26 heavy (non-hydrogen) atoms. The molecule has 0 atom stereocenters. The number of nitrogens with zero attached hydrogens (tertiary/aromatic N) is 5. The monoisotopic (exact) mass is 603 g/mol. The SMILES string of the molecule is CC.CC.CC[C-](C)c1cc(-c2nc(C)nc(N(C)C)n2)ccn1.[W].[Y]. The molecule has 0 N–H and O–H groups in total. The summed E-state index contributed by atoms with van der Waals surface area (Å²) >= 11 is 0. The Morgan fingerprint density at radius 2 is 1.62 bits per heavy atom. The van der Waals surface area contributed by atoms with E-state index < -0.39 is 0 Å². The molecule has 0 amide bonds. The molecule has 0 saturated carbocycles. The topological polar surface area (TPSA) is 54.8 Å². The van der Waals surface area contributed by atoms with Crippen molar-refractivity contribution in [1.82, 2.24) is 19.9 Å². The second-order valence-electron chi connectivity index (χ2n) is 4.96. The molecule has 0 saturated heterocycles. The van der Waals surface area contributed by atoms with Crippen molar-refractivity contribution in [1.29, 1.82) is 0 Å². The zero-order chi connectivity index (χ0) is 18.7. The van der Waals surface area contributed by atoms with Gasteiger partial charge < -0.3 is 4.90 Å². The fraction of sp³-hybridized carbons (Fsp3) is 0.526. The molecular weight excluding hydrogens is 571 g/mol. The van der Waals surface area contributed by atoms with E-state index in [0.29, 0.717) is 17.6 Å². The predicted molar refractivity (Wildman–Crippen MR) is 103 cm³/mol. The smallest absolute Gasteiger partial charge is 0.228 e. The van der Waals surface area contributed by atoms with Crippen molar-refractivity contribution < 1.29 is 53.8 Å². The molecule has 5 nitrogen and oxygen atoms in total. The van der Waals surface area contributed by atoms with Gasteiger partial charge in [-0.05, 0) is 6.92 Å². The van der Waals surface area contributed by atoms with Crippen LogP contribution >= 0.6 is 0 Å². The van der Waals surface area contributed by atoms with Crippen LogP contribution in [0.2, 0.25) is 0 Å². The van der Waals surface area contributed by atoms with Gasteiger partial charge in [0.05, 0.1) is 0 Å². The van der Waals surface area contributed by atoms with Crippen molar-refractivity contribution in [2.24, 2.45) is 0 Å². The summed E-state index contributed by atoms with van der Waals surface area (Å²) in [5, 5.41) is 0. The summed E-state index contributed by atoms with van der Waals surface area (Å²) in [6.45, 7) is 14.1. The second-order valence-corrected chi connectivity index (χ2v) is 4.96. The Hall–Kier alpha value is -0.378. The molecule has 0 aliphatic carbocycles.